The zero-order chi connectivity index (χ0) is 36.4. The van der Waals surface area contributed by atoms with Gasteiger partial charge in [-0.2, -0.15) is 9.78 Å². The van der Waals surface area contributed by atoms with E-state index in [9.17, 15) is 19.5 Å². The molecule has 8 rings (SSSR count). The molecule has 1 spiro atoms. The van der Waals surface area contributed by atoms with Crippen molar-refractivity contribution in [1.29, 1.82) is 0 Å². The minimum Gasteiger partial charge on any atom is -0.432 e. The lowest BCUT2D eigenvalue weighted by atomic mass is 9.82. The molecule has 4 heterocycles. The predicted molar refractivity (Wildman–Crippen MR) is 200 cm³/mol. The molecule has 0 unspecified atom stereocenters. The number of anilines is 1. The van der Waals surface area contributed by atoms with Crippen LogP contribution in [-0.2, 0) is 39.4 Å². The Bertz CT molecular complexity index is 2250. The molecule has 266 valence electrons. The summed E-state index contributed by atoms with van der Waals surface area (Å²) in [6, 6.07) is 30.0. The van der Waals surface area contributed by atoms with Crippen LogP contribution in [-0.4, -0.2) is 63.5 Å². The fraction of sp³-hybridized carbons (Fsp3) is 0.317. The van der Waals surface area contributed by atoms with E-state index in [1.54, 1.807) is 28.1 Å². The number of hydrogen-bond donors (Lipinski definition) is 2. The van der Waals surface area contributed by atoms with Crippen LogP contribution in [0.3, 0.4) is 0 Å². The first kappa shape index (κ1) is 34.2. The van der Waals surface area contributed by atoms with Crippen LogP contribution in [0.15, 0.2) is 108 Å². The highest BCUT2D eigenvalue weighted by Crippen LogP contribution is 2.60. The van der Waals surface area contributed by atoms with Gasteiger partial charge in [0, 0.05) is 29.0 Å². The number of aliphatic hydroxyl groups is 1. The highest BCUT2D eigenvalue weighted by molar-refractivity contribution is 6.71. The minimum atomic E-state index is -3.09. The van der Waals surface area contributed by atoms with E-state index in [-0.39, 0.29) is 36.9 Å². The van der Waals surface area contributed by atoms with Gasteiger partial charge in [0.05, 0.1) is 54.7 Å². The van der Waals surface area contributed by atoms with E-state index in [0.29, 0.717) is 35.3 Å². The van der Waals surface area contributed by atoms with Crippen molar-refractivity contribution in [2.75, 3.05) is 11.5 Å². The summed E-state index contributed by atoms with van der Waals surface area (Å²) in [5.74, 6) is -0.983. The second-order valence-corrected chi connectivity index (χ2v) is 18.9. The van der Waals surface area contributed by atoms with Gasteiger partial charge in [-0.15, -0.1) is 0 Å². The average molecular weight is 715 g/mol. The van der Waals surface area contributed by atoms with E-state index in [2.05, 4.69) is 5.10 Å². The van der Waals surface area contributed by atoms with E-state index in [1.807, 2.05) is 105 Å². The zero-order valence-corrected chi connectivity index (χ0v) is 30.5. The monoisotopic (exact) mass is 714 g/mol. The minimum absolute atomic E-state index is 0.0565. The second-order valence-electron chi connectivity index (χ2n) is 14.9. The molecule has 0 aliphatic carbocycles. The molecule has 1 fully saturated rings. The van der Waals surface area contributed by atoms with Crippen LogP contribution in [0.1, 0.15) is 35.6 Å². The normalized spacial score (nSPS) is 24.1. The number of nitrogens with zero attached hydrogens (tertiary/aromatic N) is 4. The largest absolute Gasteiger partial charge is 0.432 e. The Morgan fingerprint density at radius 2 is 1.67 bits per heavy atom. The Morgan fingerprint density at radius 3 is 2.42 bits per heavy atom. The molecule has 2 amide bonds. The summed E-state index contributed by atoms with van der Waals surface area (Å²) in [5.41, 5.74) is 2.48. The van der Waals surface area contributed by atoms with Crippen molar-refractivity contribution in [3.63, 3.8) is 0 Å². The molecule has 0 radical (unpaired) electrons. The van der Waals surface area contributed by atoms with Gasteiger partial charge in [0.2, 0.25) is 5.91 Å². The summed E-state index contributed by atoms with van der Waals surface area (Å²) in [6.45, 7) is 6.08. The third-order valence-electron chi connectivity index (χ3n) is 11.4. The summed E-state index contributed by atoms with van der Waals surface area (Å²) in [7, 11) is -3.09. The number of carbonyl (C=O) groups excluding carboxylic acids is 2. The van der Waals surface area contributed by atoms with Crippen LogP contribution in [0.2, 0.25) is 18.6 Å². The van der Waals surface area contributed by atoms with Gasteiger partial charge < -0.3 is 24.4 Å². The molecule has 1 aromatic heterocycles. The van der Waals surface area contributed by atoms with E-state index in [1.165, 1.54) is 4.68 Å². The predicted octanol–water partition coefficient (Wildman–Crippen LogP) is 5.07. The zero-order valence-electron chi connectivity index (χ0n) is 29.5. The lowest BCUT2D eigenvalue weighted by Gasteiger charge is -2.37. The molecule has 5 aromatic rings. The lowest BCUT2D eigenvalue weighted by molar-refractivity contribution is -0.151. The van der Waals surface area contributed by atoms with Gasteiger partial charge in [-0.05, 0) is 60.5 Å². The van der Waals surface area contributed by atoms with Crippen molar-refractivity contribution in [2.45, 2.75) is 69.2 Å². The quantitative estimate of drug-likeness (QED) is 0.226. The molecule has 3 aliphatic rings. The van der Waals surface area contributed by atoms with Crippen LogP contribution >= 0.6 is 0 Å². The first-order chi connectivity index (χ1) is 25.0. The molecule has 52 heavy (non-hydrogen) atoms. The number of fused-ring (bicyclic) bond motifs is 4. The van der Waals surface area contributed by atoms with Crippen LogP contribution in [0, 0.1) is 5.92 Å². The van der Waals surface area contributed by atoms with Crippen LogP contribution in [0.25, 0.3) is 16.5 Å². The van der Waals surface area contributed by atoms with Crippen molar-refractivity contribution in [3.05, 3.63) is 136 Å². The van der Waals surface area contributed by atoms with Crippen molar-refractivity contribution >= 4 is 36.6 Å². The standard InChI is InChI=1S/C41H42N4O6Si/c1-26-38(52(2,3)50)36(21-37(47)43-24-30-15-8-7-13-28(30)19-32(43)25-46)51-41(26)34-20-31(45-39(48)33-16-10-9-14-29(33)22-42-45)17-18-35(34)44(40(41)49)23-27-11-5-4-6-12-27/h4-18,20,22,26,32,36,38,46,50H,19,21,23-25H2,1-3H3/t26-,32-,36+,38-,41+/m0/s1. The molecule has 4 aromatic carbocycles. The van der Waals surface area contributed by atoms with Crippen molar-refractivity contribution in [1.82, 2.24) is 14.7 Å². The second kappa shape index (κ2) is 12.9. The highest BCUT2D eigenvalue weighted by Gasteiger charge is 2.66. The molecular formula is C41H42N4O6Si. The van der Waals surface area contributed by atoms with Crippen molar-refractivity contribution in [2.24, 2.45) is 5.92 Å². The van der Waals surface area contributed by atoms with Crippen LogP contribution < -0.4 is 10.5 Å². The summed E-state index contributed by atoms with van der Waals surface area (Å²) in [6.07, 6.45) is 1.36. The molecule has 5 atom stereocenters. The summed E-state index contributed by atoms with van der Waals surface area (Å²) >= 11 is 0. The van der Waals surface area contributed by atoms with Gasteiger partial charge in [-0.3, -0.25) is 14.4 Å². The number of aromatic nitrogens is 2. The fourth-order valence-electron chi connectivity index (χ4n) is 8.93. The molecule has 11 heteroatoms. The first-order valence-electron chi connectivity index (χ1n) is 17.9. The van der Waals surface area contributed by atoms with E-state index in [0.717, 1.165) is 22.1 Å². The number of hydrogen-bond acceptors (Lipinski definition) is 7. The molecule has 1 saturated heterocycles. The van der Waals surface area contributed by atoms with E-state index in [4.69, 9.17) is 4.74 Å². The van der Waals surface area contributed by atoms with E-state index < -0.39 is 37.5 Å². The maximum atomic E-state index is 15.1. The maximum absolute atomic E-state index is 15.1. The average Bonchev–Trinajstić information content (AvgIpc) is 3.57. The number of aliphatic hydroxyl groups excluding tert-OH is 1. The summed E-state index contributed by atoms with van der Waals surface area (Å²) in [4.78, 5) is 58.3. The first-order valence-corrected chi connectivity index (χ1v) is 20.9. The molecule has 0 saturated carbocycles. The van der Waals surface area contributed by atoms with Gasteiger partial charge in [0.15, 0.2) is 13.9 Å². The number of carbonyl (C=O) groups is 2. The Morgan fingerprint density at radius 1 is 0.962 bits per heavy atom. The van der Waals surface area contributed by atoms with Gasteiger partial charge in [-0.25, -0.2) is 0 Å². The summed E-state index contributed by atoms with van der Waals surface area (Å²) in [5, 5.41) is 16.1. The smallest absolute Gasteiger partial charge is 0.279 e. The topological polar surface area (TPSA) is 125 Å². The number of rotatable bonds is 7. The third-order valence-corrected chi connectivity index (χ3v) is 13.9. The number of ether oxygens (including phenoxy) is 1. The number of amides is 2. The van der Waals surface area contributed by atoms with Crippen LogP contribution in [0.4, 0.5) is 5.69 Å². The van der Waals surface area contributed by atoms with Gasteiger partial charge >= 0.3 is 0 Å². The Hall–Kier alpha value is -4.94. The van der Waals surface area contributed by atoms with Crippen LogP contribution in [0.5, 0.6) is 0 Å². The highest BCUT2D eigenvalue weighted by atomic mass is 28.4. The van der Waals surface area contributed by atoms with E-state index >= 15 is 4.79 Å². The maximum Gasteiger partial charge on any atom is 0.279 e. The third kappa shape index (κ3) is 5.50. The molecule has 10 nitrogen and oxygen atoms in total. The fourth-order valence-corrected chi connectivity index (χ4v) is 11.5. The molecular weight excluding hydrogens is 673 g/mol. The molecule has 0 bridgehead atoms. The number of benzene rings is 4. The lowest BCUT2D eigenvalue weighted by Crippen LogP contribution is -2.48. The Kier molecular flexibility index (Phi) is 8.49. The van der Waals surface area contributed by atoms with Gasteiger partial charge in [-0.1, -0.05) is 79.7 Å². The molecule has 3 aliphatic heterocycles. The molecule has 2 N–H and O–H groups in total. The van der Waals surface area contributed by atoms with Crippen molar-refractivity contribution < 1.29 is 24.2 Å². The van der Waals surface area contributed by atoms with Crippen molar-refractivity contribution in [3.8, 4) is 5.69 Å². The summed E-state index contributed by atoms with van der Waals surface area (Å²) < 4.78 is 8.36. The van der Waals surface area contributed by atoms with Gasteiger partial charge in [0.25, 0.3) is 11.5 Å². The van der Waals surface area contributed by atoms with Gasteiger partial charge in [0.1, 0.15) is 0 Å². The Labute approximate surface area is 303 Å². The Balaban J connectivity index is 1.22. The SMILES string of the molecule is C[C@H]1[C@H]([Si](C)(C)O)[C@@H](CC(=O)N2Cc3ccccc3C[C@H]2CO)O[C@]12C(=O)N(Cc1ccccc1)c1ccc(-n3ncc4ccccc4c3=O)cc12.